The summed E-state index contributed by atoms with van der Waals surface area (Å²) in [5.41, 5.74) is 2.32. The second kappa shape index (κ2) is 11.1. The Morgan fingerprint density at radius 2 is 1.69 bits per heavy atom. The smallest absolute Gasteiger partial charge is 0.224 e. The number of hydrogen-bond acceptors (Lipinski definition) is 6. The first-order chi connectivity index (χ1) is 14.1. The maximum atomic E-state index is 8.50. The van der Waals surface area contributed by atoms with Crippen molar-refractivity contribution in [2.24, 2.45) is 0 Å². The van der Waals surface area contributed by atoms with Crippen LogP contribution in [0.25, 0.3) is 0 Å². The zero-order valence-electron chi connectivity index (χ0n) is 15.4. The Morgan fingerprint density at radius 3 is 2.31 bits per heavy atom. The van der Waals surface area contributed by atoms with E-state index in [1.165, 1.54) is 23.7 Å². The van der Waals surface area contributed by atoms with Crippen LogP contribution in [0.1, 0.15) is 35.9 Å². The molecule has 1 aromatic carbocycles. The molecule has 3 aromatic rings. The molecule has 29 heavy (non-hydrogen) atoms. The molecule has 1 aliphatic carbocycles. The normalized spacial score (nSPS) is 17.8. The lowest BCUT2D eigenvalue weighted by Gasteiger charge is -2.36. The maximum Gasteiger partial charge on any atom is 0.224 e. The van der Waals surface area contributed by atoms with Gasteiger partial charge < -0.3 is 5.11 Å². The molecule has 2 aromatic heterocycles. The largest absolute Gasteiger partial charge is 0.396 e. The number of aliphatic hydroxyl groups is 1. The number of hydrogen-bond donors (Lipinski definition) is 1. The first-order valence-corrected chi connectivity index (χ1v) is 11.2. The van der Waals surface area contributed by atoms with Crippen molar-refractivity contribution in [3.8, 4) is 0 Å². The molecule has 0 radical (unpaired) electrons. The Morgan fingerprint density at radius 1 is 0.931 bits per heavy atom. The van der Waals surface area contributed by atoms with E-state index in [0.29, 0.717) is 22.7 Å². The minimum atomic E-state index is 0.145. The molecule has 0 aliphatic heterocycles. The van der Waals surface area contributed by atoms with Crippen LogP contribution in [-0.2, 0) is 0 Å². The standard InChI is InChI=1S/C14H12Cl2N2.C6H7ClN2OS/c15-13-8-12(17-14(16)18-13)11-7-6-10(11)9-4-2-1-3-5-9;7-6-8-2-1-5(9-6)11-4-3-10/h1-5,8,10-11H,6-7H2;1-2,10H,3-4H2. The number of halogens is 3. The molecule has 1 N–H and O–H groups in total. The monoisotopic (exact) mass is 468 g/mol. The van der Waals surface area contributed by atoms with Gasteiger partial charge in [-0.1, -0.05) is 41.9 Å². The SMILES string of the molecule is Clc1cc(C2CCC2c2ccccc2)nc(Cl)n1.OCCSc1ccnc(Cl)n1. The number of thioether (sulfide) groups is 1. The molecular formula is C20H19Cl3N4OS. The molecule has 9 heteroatoms. The predicted molar refractivity (Wildman–Crippen MR) is 118 cm³/mol. The van der Waals surface area contributed by atoms with Crippen molar-refractivity contribution >= 4 is 46.6 Å². The van der Waals surface area contributed by atoms with Crippen LogP contribution < -0.4 is 0 Å². The molecule has 0 amide bonds. The van der Waals surface area contributed by atoms with Gasteiger partial charge in [0.2, 0.25) is 10.6 Å². The molecule has 0 spiro atoms. The highest BCUT2D eigenvalue weighted by Crippen LogP contribution is 2.48. The van der Waals surface area contributed by atoms with Crippen LogP contribution in [0.4, 0.5) is 0 Å². The number of rotatable bonds is 5. The van der Waals surface area contributed by atoms with Gasteiger partial charge in [0, 0.05) is 17.9 Å². The summed E-state index contributed by atoms with van der Waals surface area (Å²) >= 11 is 18.8. The van der Waals surface area contributed by atoms with Crippen LogP contribution in [0.2, 0.25) is 15.7 Å². The minimum absolute atomic E-state index is 0.145. The maximum absolute atomic E-state index is 8.50. The van der Waals surface area contributed by atoms with Gasteiger partial charge in [0.15, 0.2) is 0 Å². The highest BCUT2D eigenvalue weighted by Gasteiger charge is 2.34. The Labute approximate surface area is 188 Å². The van der Waals surface area contributed by atoms with Gasteiger partial charge in [-0.25, -0.2) is 19.9 Å². The van der Waals surface area contributed by atoms with Crippen LogP contribution in [-0.4, -0.2) is 37.4 Å². The first kappa shape index (κ1) is 22.2. The molecular weight excluding hydrogens is 451 g/mol. The minimum Gasteiger partial charge on any atom is -0.396 e. The lowest BCUT2D eigenvalue weighted by molar-refractivity contribution is 0.322. The topological polar surface area (TPSA) is 71.8 Å². The summed E-state index contributed by atoms with van der Waals surface area (Å²) < 4.78 is 0. The van der Waals surface area contributed by atoms with E-state index in [1.54, 1.807) is 12.3 Å². The van der Waals surface area contributed by atoms with Crippen LogP contribution in [0.3, 0.4) is 0 Å². The molecule has 5 nitrogen and oxygen atoms in total. The molecule has 0 bridgehead atoms. The van der Waals surface area contributed by atoms with E-state index in [2.05, 4.69) is 44.2 Å². The van der Waals surface area contributed by atoms with Gasteiger partial charge in [0.25, 0.3) is 0 Å². The Kier molecular flexibility index (Phi) is 8.51. The molecule has 1 saturated carbocycles. The van der Waals surface area contributed by atoms with Crippen LogP contribution in [0.15, 0.2) is 53.7 Å². The molecule has 2 unspecified atom stereocenters. The second-order valence-electron chi connectivity index (χ2n) is 6.32. The van der Waals surface area contributed by atoms with E-state index in [-0.39, 0.29) is 17.2 Å². The number of aliphatic hydroxyl groups excluding tert-OH is 1. The summed E-state index contributed by atoms with van der Waals surface area (Å²) in [6.07, 6.45) is 3.91. The van der Waals surface area contributed by atoms with Gasteiger partial charge in [-0.2, -0.15) is 0 Å². The van der Waals surface area contributed by atoms with Crippen molar-refractivity contribution in [1.82, 2.24) is 19.9 Å². The van der Waals surface area contributed by atoms with Crippen molar-refractivity contribution in [3.63, 3.8) is 0 Å². The van der Waals surface area contributed by atoms with Crippen molar-refractivity contribution in [2.75, 3.05) is 12.4 Å². The fourth-order valence-electron chi connectivity index (χ4n) is 3.10. The first-order valence-electron chi connectivity index (χ1n) is 9.04. The summed E-state index contributed by atoms with van der Waals surface area (Å²) in [4.78, 5) is 15.8. The van der Waals surface area contributed by atoms with Crippen molar-refractivity contribution in [3.05, 3.63) is 75.6 Å². The van der Waals surface area contributed by atoms with Crippen LogP contribution in [0, 0.1) is 0 Å². The molecule has 2 heterocycles. The van der Waals surface area contributed by atoms with E-state index in [1.807, 2.05) is 12.1 Å². The highest BCUT2D eigenvalue weighted by molar-refractivity contribution is 7.99. The molecule has 1 aliphatic rings. The average Bonchev–Trinajstić information content (AvgIpc) is 2.66. The molecule has 4 rings (SSSR count). The summed E-state index contributed by atoms with van der Waals surface area (Å²) in [5, 5.41) is 10.2. The van der Waals surface area contributed by atoms with Crippen LogP contribution >= 0.6 is 46.6 Å². The van der Waals surface area contributed by atoms with E-state index >= 15 is 0 Å². The fraction of sp³-hybridized carbons (Fsp3) is 0.300. The lowest BCUT2D eigenvalue weighted by Crippen LogP contribution is -2.23. The number of nitrogens with zero attached hydrogens (tertiary/aromatic N) is 4. The van der Waals surface area contributed by atoms with E-state index in [4.69, 9.17) is 39.9 Å². The molecule has 152 valence electrons. The van der Waals surface area contributed by atoms with Crippen molar-refractivity contribution in [2.45, 2.75) is 29.7 Å². The Hall–Kier alpha value is -1.44. The van der Waals surface area contributed by atoms with Gasteiger partial charge in [-0.15, -0.1) is 11.8 Å². The van der Waals surface area contributed by atoms with Gasteiger partial charge in [0.05, 0.1) is 12.3 Å². The third kappa shape index (κ3) is 6.52. The lowest BCUT2D eigenvalue weighted by atomic mass is 9.68. The van der Waals surface area contributed by atoms with Gasteiger partial charge in [0.1, 0.15) is 10.2 Å². The Balaban J connectivity index is 0.000000188. The van der Waals surface area contributed by atoms with Crippen LogP contribution in [0.5, 0.6) is 0 Å². The summed E-state index contributed by atoms with van der Waals surface area (Å²) in [6.45, 7) is 0.145. The zero-order chi connectivity index (χ0) is 20.6. The summed E-state index contributed by atoms with van der Waals surface area (Å²) in [5.74, 6) is 1.56. The molecule has 0 saturated heterocycles. The van der Waals surface area contributed by atoms with Crippen molar-refractivity contribution < 1.29 is 5.11 Å². The summed E-state index contributed by atoms with van der Waals surface area (Å²) in [6, 6.07) is 14.1. The second-order valence-corrected chi connectivity index (χ2v) is 8.50. The van der Waals surface area contributed by atoms with E-state index < -0.39 is 0 Å². The van der Waals surface area contributed by atoms with E-state index in [9.17, 15) is 0 Å². The van der Waals surface area contributed by atoms with Gasteiger partial charge >= 0.3 is 0 Å². The number of benzene rings is 1. The molecule has 2 atom stereocenters. The third-order valence-corrected chi connectivity index (χ3v) is 5.97. The van der Waals surface area contributed by atoms with Crippen molar-refractivity contribution in [1.29, 1.82) is 0 Å². The van der Waals surface area contributed by atoms with Gasteiger partial charge in [-0.3, -0.25) is 0 Å². The third-order valence-electron chi connectivity index (χ3n) is 4.51. The molecule has 1 fully saturated rings. The predicted octanol–water partition coefficient (Wildman–Crippen LogP) is 5.66. The fourth-order valence-corrected chi connectivity index (χ4v) is 4.33. The average molecular weight is 470 g/mol. The summed E-state index contributed by atoms with van der Waals surface area (Å²) in [7, 11) is 0. The zero-order valence-corrected chi connectivity index (χ0v) is 18.5. The quantitative estimate of drug-likeness (QED) is 0.295. The van der Waals surface area contributed by atoms with E-state index in [0.717, 1.165) is 17.1 Å². The Bertz CT molecular complexity index is 912. The van der Waals surface area contributed by atoms with Gasteiger partial charge in [-0.05, 0) is 59.7 Å². The highest BCUT2D eigenvalue weighted by atomic mass is 35.5. The number of aromatic nitrogens is 4.